The van der Waals surface area contributed by atoms with E-state index in [1.165, 1.54) is 11.3 Å². The van der Waals surface area contributed by atoms with Crippen LogP contribution in [0.4, 0.5) is 0 Å². The molecule has 1 saturated heterocycles. The first kappa shape index (κ1) is 16.3. The number of thiophene rings is 1. The van der Waals surface area contributed by atoms with Gasteiger partial charge in [-0.1, -0.05) is 6.92 Å². The molecule has 19 heavy (non-hydrogen) atoms. The molecule has 0 aromatic carbocycles. The van der Waals surface area contributed by atoms with Crippen LogP contribution in [0.15, 0.2) is 11.4 Å². The highest BCUT2D eigenvalue weighted by atomic mass is 35.5. The molecular formula is C13H21ClN2O2S. The Labute approximate surface area is 124 Å². The maximum Gasteiger partial charge on any atom is 0.261 e. The van der Waals surface area contributed by atoms with Crippen molar-refractivity contribution in [2.24, 2.45) is 5.41 Å². The predicted octanol–water partition coefficient (Wildman–Crippen LogP) is 2.30. The molecule has 2 N–H and O–H groups in total. The lowest BCUT2D eigenvalue weighted by atomic mass is 9.81. The van der Waals surface area contributed by atoms with Gasteiger partial charge in [-0.3, -0.25) is 4.79 Å². The van der Waals surface area contributed by atoms with E-state index in [4.69, 9.17) is 4.74 Å². The highest BCUT2D eigenvalue weighted by Gasteiger charge is 2.27. The molecule has 2 heterocycles. The van der Waals surface area contributed by atoms with Crippen LogP contribution >= 0.6 is 23.7 Å². The summed E-state index contributed by atoms with van der Waals surface area (Å²) in [6.45, 7) is 5.06. The molecular weight excluding hydrogens is 284 g/mol. The summed E-state index contributed by atoms with van der Waals surface area (Å²) in [5, 5.41) is 8.23. The van der Waals surface area contributed by atoms with Crippen molar-refractivity contribution in [3.05, 3.63) is 16.3 Å². The Morgan fingerprint density at radius 1 is 1.53 bits per heavy atom. The maximum absolute atomic E-state index is 12.0. The Morgan fingerprint density at radius 2 is 2.21 bits per heavy atom. The zero-order chi connectivity index (χ0) is 13.0. The van der Waals surface area contributed by atoms with E-state index in [1.807, 2.05) is 5.38 Å². The Kier molecular flexibility index (Phi) is 6.10. The van der Waals surface area contributed by atoms with E-state index < -0.39 is 0 Å². The normalized spacial score (nSPS) is 17.4. The van der Waals surface area contributed by atoms with Crippen LogP contribution < -0.4 is 15.4 Å². The fourth-order valence-electron chi connectivity index (χ4n) is 2.13. The highest BCUT2D eigenvalue weighted by molar-refractivity contribution is 7.12. The number of hydrogen-bond donors (Lipinski definition) is 2. The molecule has 1 aliphatic heterocycles. The van der Waals surface area contributed by atoms with Gasteiger partial charge in [0.15, 0.2) is 0 Å². The molecule has 0 bridgehead atoms. The van der Waals surface area contributed by atoms with Crippen molar-refractivity contribution in [3.63, 3.8) is 0 Å². The third-order valence-electron chi connectivity index (χ3n) is 3.52. The monoisotopic (exact) mass is 304 g/mol. The third kappa shape index (κ3) is 4.37. The Hall–Kier alpha value is -0.780. The molecule has 4 nitrogen and oxygen atoms in total. The van der Waals surface area contributed by atoms with E-state index in [-0.39, 0.29) is 23.7 Å². The van der Waals surface area contributed by atoms with Gasteiger partial charge in [0.2, 0.25) is 0 Å². The summed E-state index contributed by atoms with van der Waals surface area (Å²) in [7, 11) is 1.61. The molecule has 6 heteroatoms. The number of piperidine rings is 1. The number of carbonyl (C=O) groups excluding carboxylic acids is 1. The molecule has 1 aromatic heterocycles. The van der Waals surface area contributed by atoms with Crippen LogP contribution in [0.5, 0.6) is 5.75 Å². The SMILES string of the molecule is COc1csc(C(=O)NCC2(C)CCNCC2)c1.Cl. The van der Waals surface area contributed by atoms with Gasteiger partial charge in [-0.05, 0) is 31.3 Å². The van der Waals surface area contributed by atoms with Crippen molar-refractivity contribution >= 4 is 29.7 Å². The van der Waals surface area contributed by atoms with Gasteiger partial charge in [0.25, 0.3) is 5.91 Å². The number of nitrogens with one attached hydrogen (secondary N) is 2. The smallest absolute Gasteiger partial charge is 0.261 e. The number of carbonyl (C=O) groups is 1. The summed E-state index contributed by atoms with van der Waals surface area (Å²) in [4.78, 5) is 12.7. The number of methoxy groups -OCH3 is 1. The third-order valence-corrected chi connectivity index (χ3v) is 4.43. The second kappa shape index (κ2) is 7.12. The minimum Gasteiger partial charge on any atom is -0.496 e. The molecule has 1 aliphatic rings. The summed E-state index contributed by atoms with van der Waals surface area (Å²) in [5.41, 5.74) is 0.224. The van der Waals surface area contributed by atoms with Crippen molar-refractivity contribution in [1.82, 2.24) is 10.6 Å². The lowest BCUT2D eigenvalue weighted by molar-refractivity contribution is 0.0926. The molecule has 1 aromatic rings. The minimum absolute atomic E-state index is 0. The lowest BCUT2D eigenvalue weighted by Crippen LogP contribution is -2.42. The van der Waals surface area contributed by atoms with Gasteiger partial charge < -0.3 is 15.4 Å². The van der Waals surface area contributed by atoms with Crippen molar-refractivity contribution in [3.8, 4) is 5.75 Å². The largest absolute Gasteiger partial charge is 0.496 e. The molecule has 2 rings (SSSR count). The first-order chi connectivity index (χ1) is 8.63. The van der Waals surface area contributed by atoms with Crippen molar-refractivity contribution < 1.29 is 9.53 Å². The van der Waals surface area contributed by atoms with Crippen molar-refractivity contribution in [2.45, 2.75) is 19.8 Å². The van der Waals surface area contributed by atoms with Crippen LogP contribution in [0.25, 0.3) is 0 Å². The summed E-state index contributed by atoms with van der Waals surface area (Å²) in [5.74, 6) is 0.751. The number of rotatable bonds is 4. The molecule has 0 unspecified atom stereocenters. The highest BCUT2D eigenvalue weighted by Crippen LogP contribution is 2.27. The van der Waals surface area contributed by atoms with E-state index in [2.05, 4.69) is 17.6 Å². The van der Waals surface area contributed by atoms with Crippen LogP contribution in [-0.4, -0.2) is 32.7 Å². The molecule has 0 aliphatic carbocycles. The zero-order valence-corrected chi connectivity index (χ0v) is 13.0. The predicted molar refractivity (Wildman–Crippen MR) is 80.7 cm³/mol. The molecule has 108 valence electrons. The average molecular weight is 305 g/mol. The maximum atomic E-state index is 12.0. The van der Waals surface area contributed by atoms with Gasteiger partial charge in [-0.2, -0.15) is 0 Å². The number of ether oxygens (including phenoxy) is 1. The van der Waals surface area contributed by atoms with Gasteiger partial charge in [0.1, 0.15) is 5.75 Å². The van der Waals surface area contributed by atoms with E-state index >= 15 is 0 Å². The fraction of sp³-hybridized carbons (Fsp3) is 0.615. The number of halogens is 1. The first-order valence-corrected chi connectivity index (χ1v) is 7.12. The quantitative estimate of drug-likeness (QED) is 0.897. The molecule has 1 amide bonds. The summed E-state index contributed by atoms with van der Waals surface area (Å²) in [6, 6.07) is 1.78. The standard InChI is InChI=1S/C13H20N2O2S.ClH/c1-13(3-5-14-6-4-13)9-15-12(16)11-7-10(17-2)8-18-11;/h7-8,14H,3-6,9H2,1-2H3,(H,15,16);1H. The van der Waals surface area contributed by atoms with Crippen molar-refractivity contribution in [2.75, 3.05) is 26.7 Å². The summed E-state index contributed by atoms with van der Waals surface area (Å²) >= 11 is 1.42. The van der Waals surface area contributed by atoms with Gasteiger partial charge in [0, 0.05) is 18.0 Å². The molecule has 0 radical (unpaired) electrons. The number of hydrogen-bond acceptors (Lipinski definition) is 4. The zero-order valence-electron chi connectivity index (χ0n) is 11.3. The molecule has 1 fully saturated rings. The van der Waals surface area contributed by atoms with Gasteiger partial charge >= 0.3 is 0 Å². The summed E-state index contributed by atoms with van der Waals surface area (Å²) < 4.78 is 5.08. The molecule has 0 spiro atoms. The van der Waals surface area contributed by atoms with E-state index in [1.54, 1.807) is 13.2 Å². The van der Waals surface area contributed by atoms with Gasteiger partial charge in [-0.15, -0.1) is 23.7 Å². The Morgan fingerprint density at radius 3 is 2.79 bits per heavy atom. The second-order valence-corrected chi connectivity index (χ2v) is 6.01. The minimum atomic E-state index is 0. The average Bonchev–Trinajstić information content (AvgIpc) is 2.86. The Balaban J connectivity index is 0.00000180. The second-order valence-electron chi connectivity index (χ2n) is 5.09. The van der Waals surface area contributed by atoms with Gasteiger partial charge in [-0.25, -0.2) is 0 Å². The van der Waals surface area contributed by atoms with E-state index in [0.717, 1.165) is 38.2 Å². The van der Waals surface area contributed by atoms with Crippen LogP contribution in [0.1, 0.15) is 29.4 Å². The van der Waals surface area contributed by atoms with Crippen LogP contribution in [0.2, 0.25) is 0 Å². The van der Waals surface area contributed by atoms with Crippen LogP contribution in [0.3, 0.4) is 0 Å². The van der Waals surface area contributed by atoms with E-state index in [0.29, 0.717) is 4.88 Å². The van der Waals surface area contributed by atoms with Gasteiger partial charge in [0.05, 0.1) is 12.0 Å². The van der Waals surface area contributed by atoms with E-state index in [9.17, 15) is 4.79 Å². The summed E-state index contributed by atoms with van der Waals surface area (Å²) in [6.07, 6.45) is 2.22. The van der Waals surface area contributed by atoms with Crippen LogP contribution in [-0.2, 0) is 0 Å². The van der Waals surface area contributed by atoms with Crippen molar-refractivity contribution in [1.29, 1.82) is 0 Å². The lowest BCUT2D eigenvalue weighted by Gasteiger charge is -2.34. The molecule has 0 saturated carbocycles. The first-order valence-electron chi connectivity index (χ1n) is 6.24. The topological polar surface area (TPSA) is 50.4 Å². The van der Waals surface area contributed by atoms with Crippen LogP contribution in [0, 0.1) is 5.41 Å². The fourth-order valence-corrected chi connectivity index (χ4v) is 2.90. The number of amides is 1. The molecule has 0 atom stereocenters. The Bertz CT molecular complexity index is 417.